The molecule has 1 amide bonds. The normalized spacial score (nSPS) is 19.8. The minimum atomic E-state index is -0.575. The van der Waals surface area contributed by atoms with Crippen molar-refractivity contribution in [3.8, 4) is 0 Å². The van der Waals surface area contributed by atoms with Gasteiger partial charge in [-0.2, -0.15) is 5.10 Å². The number of methoxy groups -OCH3 is 1. The van der Waals surface area contributed by atoms with Crippen LogP contribution in [0.25, 0.3) is 0 Å². The molecule has 1 heterocycles. The molecular weight excluding hydrogens is 230 g/mol. The van der Waals surface area contributed by atoms with Crippen molar-refractivity contribution in [3.05, 3.63) is 11.0 Å². The molecule has 0 radical (unpaired) electrons. The van der Waals surface area contributed by atoms with Gasteiger partial charge in [0.25, 0.3) is 5.91 Å². The average Bonchev–Trinajstić information content (AvgIpc) is 2.56. The van der Waals surface area contributed by atoms with Gasteiger partial charge in [0, 0.05) is 11.8 Å². The highest BCUT2D eigenvalue weighted by Gasteiger charge is 2.24. The fourth-order valence-corrected chi connectivity index (χ4v) is 1.52. The van der Waals surface area contributed by atoms with Crippen LogP contribution in [0.2, 0.25) is 0 Å². The van der Waals surface area contributed by atoms with Gasteiger partial charge in [0.05, 0.1) is 12.0 Å². The Morgan fingerprint density at radius 3 is 2.75 bits per heavy atom. The third-order valence-electron chi connectivity index (χ3n) is 1.44. The van der Waals surface area contributed by atoms with Crippen molar-refractivity contribution >= 4 is 34.5 Å². The van der Waals surface area contributed by atoms with E-state index in [1.165, 1.54) is 7.11 Å². The summed E-state index contributed by atoms with van der Waals surface area (Å²) in [4.78, 5) is 22.5. The third kappa shape index (κ3) is 3.50. The van der Waals surface area contributed by atoms with Crippen LogP contribution in [0, 0.1) is 0 Å². The van der Waals surface area contributed by atoms with Crippen LogP contribution in [0.15, 0.2) is 21.2 Å². The summed E-state index contributed by atoms with van der Waals surface area (Å²) in [6, 6.07) is 0. The number of amides is 1. The first kappa shape index (κ1) is 12.4. The van der Waals surface area contributed by atoms with Gasteiger partial charge in [-0.15, -0.1) is 5.10 Å². The molecule has 1 saturated heterocycles. The molecule has 1 N–H and O–H groups in total. The fraction of sp³-hybridized carbons (Fsp3) is 0.333. The zero-order chi connectivity index (χ0) is 12.1. The molecule has 1 fully saturated rings. The summed E-state index contributed by atoms with van der Waals surface area (Å²) in [6.07, 6.45) is 1.12. The molecule has 0 unspecified atom stereocenters. The number of hydrogen-bond donors (Lipinski definition) is 1. The van der Waals surface area contributed by atoms with Gasteiger partial charge in [-0.25, -0.2) is 4.79 Å². The number of esters is 1. The summed E-state index contributed by atoms with van der Waals surface area (Å²) < 4.78 is 4.42. The van der Waals surface area contributed by atoms with Crippen LogP contribution in [0.5, 0.6) is 0 Å². The van der Waals surface area contributed by atoms with Crippen molar-refractivity contribution in [2.75, 3.05) is 7.11 Å². The lowest BCUT2D eigenvalue weighted by molar-refractivity contribution is -0.135. The van der Waals surface area contributed by atoms with Gasteiger partial charge in [-0.05, 0) is 25.6 Å². The smallest absolute Gasteiger partial charge is 0.331 e. The van der Waals surface area contributed by atoms with Crippen molar-refractivity contribution < 1.29 is 14.3 Å². The molecule has 0 atom stereocenters. The second-order valence-corrected chi connectivity index (χ2v) is 4.07. The molecule has 0 aliphatic carbocycles. The van der Waals surface area contributed by atoms with E-state index in [-0.39, 0.29) is 10.8 Å². The molecule has 1 rings (SSSR count). The number of nitrogens with zero attached hydrogens (tertiary/aromatic N) is 2. The molecule has 0 aromatic heterocycles. The number of thioether (sulfide) groups is 1. The van der Waals surface area contributed by atoms with Gasteiger partial charge in [0.1, 0.15) is 0 Å². The highest BCUT2D eigenvalue weighted by atomic mass is 32.2. The van der Waals surface area contributed by atoms with Crippen LogP contribution < -0.4 is 5.32 Å². The lowest BCUT2D eigenvalue weighted by atomic mass is 10.4. The van der Waals surface area contributed by atoms with E-state index in [2.05, 4.69) is 20.3 Å². The minimum Gasteiger partial charge on any atom is -0.466 e. The molecule has 16 heavy (non-hydrogen) atoms. The number of carbonyl (C=O) groups is 2. The van der Waals surface area contributed by atoms with Gasteiger partial charge in [-0.1, -0.05) is 0 Å². The Balaban J connectivity index is 2.79. The van der Waals surface area contributed by atoms with Gasteiger partial charge in [-0.3, -0.25) is 10.1 Å². The molecule has 0 spiro atoms. The summed E-state index contributed by atoms with van der Waals surface area (Å²) in [5.41, 5.74) is 0.771. The van der Waals surface area contributed by atoms with Crippen LogP contribution in [0.1, 0.15) is 13.8 Å². The van der Waals surface area contributed by atoms with E-state index < -0.39 is 5.97 Å². The van der Waals surface area contributed by atoms with Crippen molar-refractivity contribution in [1.82, 2.24) is 5.32 Å². The zero-order valence-corrected chi connectivity index (χ0v) is 9.92. The molecule has 0 bridgehead atoms. The molecule has 1 aliphatic heterocycles. The van der Waals surface area contributed by atoms with E-state index in [0.29, 0.717) is 5.17 Å². The molecular formula is C9H11N3O3S. The van der Waals surface area contributed by atoms with Gasteiger partial charge >= 0.3 is 5.97 Å². The molecule has 86 valence electrons. The van der Waals surface area contributed by atoms with Gasteiger partial charge < -0.3 is 4.74 Å². The third-order valence-corrected chi connectivity index (χ3v) is 2.34. The minimum absolute atomic E-state index is 0.245. The van der Waals surface area contributed by atoms with Crippen molar-refractivity contribution in [2.24, 2.45) is 10.2 Å². The summed E-state index contributed by atoms with van der Waals surface area (Å²) in [7, 11) is 1.25. The Bertz CT molecular complexity index is 408. The quantitative estimate of drug-likeness (QED) is 0.333. The monoisotopic (exact) mass is 241 g/mol. The maximum absolute atomic E-state index is 11.3. The second kappa shape index (κ2) is 5.45. The van der Waals surface area contributed by atoms with Gasteiger partial charge in [0.2, 0.25) is 0 Å². The zero-order valence-electron chi connectivity index (χ0n) is 9.10. The Hall–Kier alpha value is -1.63. The SMILES string of the molecule is COC(=O)/C=C1\S/C(=N/N=C(C)C)NC1=O. The van der Waals surface area contributed by atoms with Crippen molar-refractivity contribution in [2.45, 2.75) is 13.8 Å². The Morgan fingerprint density at radius 1 is 1.50 bits per heavy atom. The highest BCUT2D eigenvalue weighted by Crippen LogP contribution is 2.23. The Morgan fingerprint density at radius 2 is 2.19 bits per heavy atom. The first-order valence-corrected chi connectivity index (χ1v) is 5.22. The van der Waals surface area contributed by atoms with Crippen LogP contribution in [-0.4, -0.2) is 29.9 Å². The average molecular weight is 241 g/mol. The Labute approximate surface area is 96.8 Å². The van der Waals surface area contributed by atoms with Crippen LogP contribution in [0.3, 0.4) is 0 Å². The summed E-state index contributed by atoms with van der Waals surface area (Å²) in [6.45, 7) is 3.58. The predicted molar refractivity (Wildman–Crippen MR) is 62.1 cm³/mol. The van der Waals surface area contributed by atoms with Gasteiger partial charge in [0.15, 0.2) is 5.17 Å². The Kier molecular flexibility index (Phi) is 4.24. The van der Waals surface area contributed by atoms with Crippen molar-refractivity contribution in [1.29, 1.82) is 0 Å². The second-order valence-electron chi connectivity index (χ2n) is 3.04. The number of hydrogen-bond acceptors (Lipinski definition) is 6. The molecule has 0 aromatic carbocycles. The lowest BCUT2D eigenvalue weighted by Gasteiger charge is -1.90. The van der Waals surface area contributed by atoms with E-state index >= 15 is 0 Å². The largest absolute Gasteiger partial charge is 0.466 e. The first-order chi connectivity index (χ1) is 7.52. The van der Waals surface area contributed by atoms with E-state index in [0.717, 1.165) is 23.5 Å². The maximum Gasteiger partial charge on any atom is 0.331 e. The van der Waals surface area contributed by atoms with E-state index in [4.69, 9.17) is 0 Å². The summed E-state index contributed by atoms with van der Waals surface area (Å²) >= 11 is 1.05. The maximum atomic E-state index is 11.3. The molecule has 6 nitrogen and oxygen atoms in total. The number of ether oxygens (including phenoxy) is 1. The molecule has 7 heteroatoms. The topological polar surface area (TPSA) is 80.1 Å². The highest BCUT2D eigenvalue weighted by molar-refractivity contribution is 8.18. The molecule has 0 saturated carbocycles. The van der Waals surface area contributed by atoms with E-state index in [1.807, 2.05) is 0 Å². The number of amidine groups is 1. The van der Waals surface area contributed by atoms with Crippen LogP contribution in [-0.2, 0) is 14.3 Å². The predicted octanol–water partition coefficient (Wildman–Crippen LogP) is 0.658. The number of carbonyl (C=O) groups excluding carboxylic acids is 2. The fourth-order valence-electron chi connectivity index (χ4n) is 0.787. The standard InChI is InChI=1S/C9H11N3O3S/c1-5(2)11-12-9-10-8(14)6(16-9)4-7(13)15-3/h4H,1-3H3,(H,10,12,14)/b6-4-. The summed E-state index contributed by atoms with van der Waals surface area (Å²) in [5, 5.41) is 10.4. The lowest BCUT2D eigenvalue weighted by Crippen LogP contribution is -2.19. The van der Waals surface area contributed by atoms with Crippen LogP contribution in [0.4, 0.5) is 0 Å². The number of nitrogens with one attached hydrogen (secondary N) is 1. The van der Waals surface area contributed by atoms with E-state index in [9.17, 15) is 9.59 Å². The first-order valence-electron chi connectivity index (χ1n) is 4.40. The van der Waals surface area contributed by atoms with Crippen LogP contribution >= 0.6 is 11.8 Å². The molecule has 0 aromatic rings. The van der Waals surface area contributed by atoms with Crippen molar-refractivity contribution in [3.63, 3.8) is 0 Å². The molecule has 1 aliphatic rings. The summed E-state index contributed by atoms with van der Waals surface area (Å²) in [5.74, 6) is -0.952. The van der Waals surface area contributed by atoms with E-state index in [1.54, 1.807) is 13.8 Å². The number of rotatable bonds is 2.